The number of aryl methyl sites for hydroxylation is 1. The number of hydrogen-bond acceptors (Lipinski definition) is 11. The second kappa shape index (κ2) is 18.0. The molecule has 6 heterocycles. The molecule has 2 unspecified atom stereocenters. The molecule has 2 atom stereocenters. The number of pyridine rings is 1. The van der Waals surface area contributed by atoms with E-state index in [0.717, 1.165) is 73.6 Å². The van der Waals surface area contributed by atoms with E-state index in [-0.39, 0.29) is 42.1 Å². The molecule has 1 N–H and O–H groups in total. The number of rotatable bonds is 13. The van der Waals surface area contributed by atoms with E-state index in [4.69, 9.17) is 38.4 Å². The number of fused-ring (bicyclic) bond motifs is 3. The standard InChI is InChI=1S/C38H54FN7O5S.C3H8/c1-7-31(48-3)46-30-19-25(2)27(11-8-17-51-52(4,5)6)32(28(30)21-41-46)35-33(39)34-29(20-40-35)36(44-16-18-49-23-26(47)22-44)43-37(42-34)50-24-38-12-9-14-45(38)15-10-13-38;1-3-2/h19-21,26,31,47H,7-18,22-24H2,1-6H3;3H2,1-2H3. The molecule has 4 aromatic rings. The van der Waals surface area contributed by atoms with Crippen molar-refractivity contribution in [2.75, 3.05) is 83.4 Å². The Balaban J connectivity index is 0.00000166. The fourth-order valence-corrected chi connectivity index (χ4v) is 8.94. The minimum absolute atomic E-state index is 0.0357. The van der Waals surface area contributed by atoms with Crippen molar-refractivity contribution in [3.05, 3.63) is 35.4 Å². The molecule has 3 aliphatic rings. The average molecular weight is 784 g/mol. The quantitative estimate of drug-likeness (QED) is 0.139. The number of halogens is 1. The first-order valence-electron chi connectivity index (χ1n) is 20.0. The second-order valence-corrected chi connectivity index (χ2v) is 19.6. The van der Waals surface area contributed by atoms with Crippen molar-refractivity contribution in [3.63, 3.8) is 0 Å². The summed E-state index contributed by atoms with van der Waals surface area (Å²) in [7, 11) is 0.552. The highest BCUT2D eigenvalue weighted by atomic mass is 32.3. The highest BCUT2D eigenvalue weighted by Crippen LogP contribution is 2.42. The van der Waals surface area contributed by atoms with Crippen LogP contribution in [0.3, 0.4) is 0 Å². The maximum absolute atomic E-state index is 17.5. The van der Waals surface area contributed by atoms with Gasteiger partial charge in [0.1, 0.15) is 29.9 Å². The van der Waals surface area contributed by atoms with E-state index >= 15 is 4.39 Å². The molecule has 0 saturated carbocycles. The van der Waals surface area contributed by atoms with Crippen LogP contribution in [0.5, 0.6) is 6.01 Å². The highest BCUT2D eigenvalue weighted by molar-refractivity contribution is 8.28. The summed E-state index contributed by atoms with van der Waals surface area (Å²) in [5.41, 5.74) is 3.86. The van der Waals surface area contributed by atoms with Crippen LogP contribution in [-0.4, -0.2) is 125 Å². The van der Waals surface area contributed by atoms with Crippen LogP contribution in [-0.2, 0) is 20.1 Å². The van der Waals surface area contributed by atoms with E-state index in [1.807, 2.05) is 9.58 Å². The van der Waals surface area contributed by atoms with Crippen molar-refractivity contribution in [2.45, 2.75) is 96.9 Å². The molecule has 0 amide bonds. The zero-order valence-electron chi connectivity index (χ0n) is 34.2. The van der Waals surface area contributed by atoms with Gasteiger partial charge in [-0.05, 0) is 101 Å². The van der Waals surface area contributed by atoms with E-state index in [2.05, 4.69) is 57.4 Å². The van der Waals surface area contributed by atoms with Crippen LogP contribution < -0.4 is 9.64 Å². The molecule has 1 aromatic carbocycles. The molecule has 7 rings (SSSR count). The lowest BCUT2D eigenvalue weighted by Crippen LogP contribution is -2.43. The van der Waals surface area contributed by atoms with Gasteiger partial charge in [0.05, 0.1) is 48.6 Å². The summed E-state index contributed by atoms with van der Waals surface area (Å²) in [4.78, 5) is 18.9. The van der Waals surface area contributed by atoms with Gasteiger partial charge >= 0.3 is 6.01 Å². The average Bonchev–Trinajstić information content (AvgIpc) is 3.81. The highest BCUT2D eigenvalue weighted by Gasteiger charge is 2.45. The Morgan fingerprint density at radius 1 is 1.07 bits per heavy atom. The van der Waals surface area contributed by atoms with E-state index in [1.165, 1.54) is 6.42 Å². The maximum atomic E-state index is 17.5. The lowest BCUT2D eigenvalue weighted by atomic mass is 9.92. The monoisotopic (exact) mass is 783 g/mol. The topological polar surface area (TPSA) is 120 Å². The molecule has 3 fully saturated rings. The molecular formula is C41H62FN7O5S. The van der Waals surface area contributed by atoms with Gasteiger partial charge in [-0.3, -0.25) is 9.88 Å². The maximum Gasteiger partial charge on any atom is 0.319 e. The smallest absolute Gasteiger partial charge is 0.319 e. The summed E-state index contributed by atoms with van der Waals surface area (Å²) < 4.78 is 43.4. The number of benzene rings is 1. The van der Waals surface area contributed by atoms with Gasteiger partial charge in [-0.25, -0.2) is 9.07 Å². The first-order valence-corrected chi connectivity index (χ1v) is 22.8. The Morgan fingerprint density at radius 3 is 2.51 bits per heavy atom. The van der Waals surface area contributed by atoms with Crippen LogP contribution in [0.25, 0.3) is 33.1 Å². The van der Waals surface area contributed by atoms with Crippen molar-refractivity contribution in [3.8, 4) is 17.3 Å². The van der Waals surface area contributed by atoms with Gasteiger partial charge in [0.15, 0.2) is 5.82 Å². The summed E-state index contributed by atoms with van der Waals surface area (Å²) in [6.07, 6.45) is 16.7. The largest absolute Gasteiger partial charge is 0.461 e. The van der Waals surface area contributed by atoms with E-state index < -0.39 is 22.2 Å². The summed E-state index contributed by atoms with van der Waals surface area (Å²) >= 11 is 0. The number of ether oxygens (including phenoxy) is 3. The summed E-state index contributed by atoms with van der Waals surface area (Å²) in [6, 6.07) is 2.24. The van der Waals surface area contributed by atoms with Crippen LogP contribution in [0.15, 0.2) is 18.5 Å². The minimum atomic E-state index is -1.12. The molecule has 0 bridgehead atoms. The zero-order chi connectivity index (χ0) is 39.3. The van der Waals surface area contributed by atoms with Crippen LogP contribution in [0.4, 0.5) is 10.2 Å². The predicted molar refractivity (Wildman–Crippen MR) is 220 cm³/mol. The van der Waals surface area contributed by atoms with E-state index in [1.54, 1.807) is 19.5 Å². The SMILES string of the molecule is CCC.CCC(OC)n1ncc2c(-c3ncc4c(N5CCOCC(O)C5)nc(OCC56CCCN5CCC6)nc4c3F)c(CCCOS(C)(C)C)c(C)cc21. The van der Waals surface area contributed by atoms with Gasteiger partial charge in [0.2, 0.25) is 0 Å². The van der Waals surface area contributed by atoms with Crippen LogP contribution in [0, 0.1) is 12.7 Å². The first kappa shape index (κ1) is 41.5. The number of nitrogens with zero attached hydrogens (tertiary/aromatic N) is 7. The van der Waals surface area contributed by atoms with Crippen LogP contribution in [0.2, 0.25) is 0 Å². The van der Waals surface area contributed by atoms with Crippen molar-refractivity contribution < 1.29 is 27.9 Å². The van der Waals surface area contributed by atoms with Gasteiger partial charge in [-0.2, -0.15) is 15.1 Å². The summed E-state index contributed by atoms with van der Waals surface area (Å²) in [5, 5.41) is 16.7. The third-order valence-electron chi connectivity index (χ3n) is 10.8. The third kappa shape index (κ3) is 9.05. The number of aliphatic hydroxyl groups is 1. The molecule has 55 heavy (non-hydrogen) atoms. The van der Waals surface area contributed by atoms with E-state index in [9.17, 15) is 5.11 Å². The van der Waals surface area contributed by atoms with Crippen LogP contribution in [0.1, 0.15) is 83.1 Å². The fourth-order valence-electron chi connectivity index (χ4n) is 8.33. The molecule has 12 nitrogen and oxygen atoms in total. The zero-order valence-corrected chi connectivity index (χ0v) is 35.0. The predicted octanol–water partition coefficient (Wildman–Crippen LogP) is 7.22. The molecule has 3 saturated heterocycles. The Hall–Kier alpha value is -3.14. The molecule has 14 heteroatoms. The van der Waals surface area contributed by atoms with Gasteiger partial charge in [-0.1, -0.05) is 27.2 Å². The van der Waals surface area contributed by atoms with Gasteiger partial charge in [0, 0.05) is 37.3 Å². The molecule has 3 aliphatic heterocycles. The number of methoxy groups -OCH3 is 1. The number of anilines is 1. The Kier molecular flexibility index (Phi) is 13.6. The van der Waals surface area contributed by atoms with Gasteiger partial charge < -0.3 is 28.4 Å². The number of hydrogen-bond donors (Lipinski definition) is 1. The Labute approximate surface area is 327 Å². The fraction of sp³-hybridized carbons (Fsp3) is 0.659. The van der Waals surface area contributed by atoms with Crippen molar-refractivity contribution in [2.24, 2.45) is 0 Å². The van der Waals surface area contributed by atoms with Crippen molar-refractivity contribution in [1.82, 2.24) is 29.6 Å². The lowest BCUT2D eigenvalue weighted by molar-refractivity contribution is 0.0346. The minimum Gasteiger partial charge on any atom is -0.461 e. The first-order chi connectivity index (χ1) is 26.4. The van der Waals surface area contributed by atoms with E-state index in [0.29, 0.717) is 49.6 Å². The van der Waals surface area contributed by atoms with Crippen molar-refractivity contribution >= 4 is 37.9 Å². The molecule has 0 aliphatic carbocycles. The number of aliphatic hydroxyl groups excluding tert-OH is 1. The lowest BCUT2D eigenvalue weighted by Gasteiger charge is -2.31. The molecule has 0 spiro atoms. The third-order valence-corrected chi connectivity index (χ3v) is 11.7. The number of β-amino-alcohol motifs (C(OH)–C–C–N with tert-alkyl or cyclic N) is 1. The molecule has 304 valence electrons. The molecule has 0 radical (unpaired) electrons. The number of aromatic nitrogens is 5. The summed E-state index contributed by atoms with van der Waals surface area (Å²) in [5.74, 6) is -0.0703. The molecular weight excluding hydrogens is 722 g/mol. The van der Waals surface area contributed by atoms with Crippen LogP contribution >= 0.6 is 10.3 Å². The molecule has 3 aromatic heterocycles. The Morgan fingerprint density at radius 2 is 1.82 bits per heavy atom. The Bertz CT molecular complexity index is 1910. The second-order valence-electron chi connectivity index (χ2n) is 15.9. The van der Waals surface area contributed by atoms with Gasteiger partial charge in [0.25, 0.3) is 0 Å². The van der Waals surface area contributed by atoms with Gasteiger partial charge in [-0.15, -0.1) is 10.3 Å². The normalized spacial score (nSPS) is 19.7. The summed E-state index contributed by atoms with van der Waals surface area (Å²) in [6.45, 7) is 12.9. The van der Waals surface area contributed by atoms with Crippen molar-refractivity contribution in [1.29, 1.82) is 0 Å².